The number of hydrogen-bond acceptors (Lipinski definition) is 4. The summed E-state index contributed by atoms with van der Waals surface area (Å²) in [5, 5.41) is 19.1. The van der Waals surface area contributed by atoms with E-state index in [0.717, 1.165) is 0 Å². The molecule has 6 heteroatoms. The fraction of sp³-hybridized carbons (Fsp3) is 0.250. The van der Waals surface area contributed by atoms with Gasteiger partial charge in [0.2, 0.25) is 0 Å². The number of nitro benzene ring substituents is 1. The average molecular weight is 219 g/mol. The van der Waals surface area contributed by atoms with Crippen molar-refractivity contribution >= 4 is 18.1 Å². The zero-order valence-electron chi connectivity index (χ0n) is 7.29. The Labute approximate surface area is 87.1 Å². The molecule has 0 aliphatic rings. The second kappa shape index (κ2) is 5.54. The number of aliphatic hydroxyl groups excluding tert-OH is 1. The van der Waals surface area contributed by atoms with E-state index in [2.05, 4.69) is 0 Å². The van der Waals surface area contributed by atoms with Crippen LogP contribution in [0, 0.1) is 10.1 Å². The number of aliphatic hydroxyl groups is 1. The van der Waals surface area contributed by atoms with E-state index in [0.29, 0.717) is 5.56 Å². The molecule has 0 aliphatic carbocycles. The first-order chi connectivity index (χ1) is 6.15. The lowest BCUT2D eigenvalue weighted by molar-refractivity contribution is -0.384. The molecule has 0 saturated carbocycles. The Kier molecular flexibility index (Phi) is 5.07. The number of benzene rings is 1. The minimum atomic E-state index is -0.556. The van der Waals surface area contributed by atoms with Crippen molar-refractivity contribution < 1.29 is 10.0 Å². The van der Waals surface area contributed by atoms with E-state index < -0.39 is 11.0 Å². The monoisotopic (exact) mass is 218 g/mol. The maximum absolute atomic E-state index is 10.4. The molecule has 0 spiro atoms. The Bertz CT molecular complexity index is 319. The minimum absolute atomic E-state index is 0. The standard InChI is InChI=1S/C8H10N2O3.ClH/c9-8(5-11)6-2-1-3-7(4-6)10(12)13;/h1-4,8,11H,5,9H2;1H/t8-;/m1./s1. The first-order valence-corrected chi connectivity index (χ1v) is 3.76. The number of hydrogen-bond donors (Lipinski definition) is 2. The van der Waals surface area contributed by atoms with Crippen molar-refractivity contribution in [2.75, 3.05) is 6.61 Å². The Morgan fingerprint density at radius 1 is 1.57 bits per heavy atom. The Balaban J connectivity index is 0.00000169. The highest BCUT2D eigenvalue weighted by atomic mass is 35.5. The summed E-state index contributed by atoms with van der Waals surface area (Å²) in [4.78, 5) is 9.87. The number of nitrogens with two attached hydrogens (primary N) is 1. The highest BCUT2D eigenvalue weighted by Gasteiger charge is 2.09. The molecule has 0 aromatic heterocycles. The van der Waals surface area contributed by atoms with Gasteiger partial charge in [-0.25, -0.2) is 0 Å². The van der Waals surface area contributed by atoms with Gasteiger partial charge in [0.1, 0.15) is 0 Å². The summed E-state index contributed by atoms with van der Waals surface area (Å²) in [5.41, 5.74) is 6.04. The normalized spacial score (nSPS) is 11.6. The van der Waals surface area contributed by atoms with Crippen LogP contribution in [-0.2, 0) is 0 Å². The lowest BCUT2D eigenvalue weighted by Crippen LogP contribution is -2.14. The maximum atomic E-state index is 10.4. The van der Waals surface area contributed by atoms with E-state index in [1.165, 1.54) is 12.1 Å². The van der Waals surface area contributed by atoms with Gasteiger partial charge in [-0.05, 0) is 5.56 Å². The van der Waals surface area contributed by atoms with Gasteiger partial charge < -0.3 is 10.8 Å². The largest absolute Gasteiger partial charge is 0.394 e. The third-order valence-electron chi connectivity index (χ3n) is 1.71. The van der Waals surface area contributed by atoms with Gasteiger partial charge in [0.05, 0.1) is 17.6 Å². The summed E-state index contributed by atoms with van der Waals surface area (Å²) in [5.74, 6) is 0. The number of non-ortho nitro benzene ring substituents is 1. The fourth-order valence-electron chi connectivity index (χ4n) is 0.974. The molecule has 5 nitrogen and oxygen atoms in total. The van der Waals surface area contributed by atoms with E-state index in [4.69, 9.17) is 10.8 Å². The molecule has 14 heavy (non-hydrogen) atoms. The molecule has 0 amide bonds. The quantitative estimate of drug-likeness (QED) is 0.585. The van der Waals surface area contributed by atoms with E-state index >= 15 is 0 Å². The predicted octanol–water partition coefficient (Wildman–Crippen LogP) is 1.01. The second-order valence-corrected chi connectivity index (χ2v) is 2.64. The van der Waals surface area contributed by atoms with Gasteiger partial charge in [0, 0.05) is 12.1 Å². The van der Waals surface area contributed by atoms with Crippen LogP contribution in [0.15, 0.2) is 24.3 Å². The third kappa shape index (κ3) is 2.95. The van der Waals surface area contributed by atoms with E-state index in [-0.39, 0.29) is 24.7 Å². The van der Waals surface area contributed by atoms with Gasteiger partial charge in [-0.1, -0.05) is 12.1 Å². The van der Waals surface area contributed by atoms with Crippen LogP contribution in [0.3, 0.4) is 0 Å². The van der Waals surface area contributed by atoms with Crippen molar-refractivity contribution in [2.24, 2.45) is 5.73 Å². The highest BCUT2D eigenvalue weighted by molar-refractivity contribution is 5.85. The van der Waals surface area contributed by atoms with Crippen molar-refractivity contribution in [2.45, 2.75) is 6.04 Å². The predicted molar refractivity (Wildman–Crippen MR) is 54.4 cm³/mol. The molecular formula is C8H11ClN2O3. The molecule has 3 N–H and O–H groups in total. The van der Waals surface area contributed by atoms with Gasteiger partial charge in [0.25, 0.3) is 5.69 Å². The zero-order chi connectivity index (χ0) is 9.84. The minimum Gasteiger partial charge on any atom is -0.394 e. The van der Waals surface area contributed by atoms with Gasteiger partial charge in [0.15, 0.2) is 0 Å². The molecule has 1 rings (SSSR count). The summed E-state index contributed by atoms with van der Waals surface area (Å²) in [6, 6.07) is 5.38. The molecule has 0 bridgehead atoms. The zero-order valence-corrected chi connectivity index (χ0v) is 8.11. The van der Waals surface area contributed by atoms with Gasteiger partial charge in [-0.3, -0.25) is 10.1 Å². The highest BCUT2D eigenvalue weighted by Crippen LogP contribution is 2.17. The van der Waals surface area contributed by atoms with Crippen LogP contribution < -0.4 is 5.73 Å². The lowest BCUT2D eigenvalue weighted by atomic mass is 10.1. The molecule has 0 saturated heterocycles. The van der Waals surface area contributed by atoms with Gasteiger partial charge in [-0.15, -0.1) is 12.4 Å². The molecule has 0 radical (unpaired) electrons. The van der Waals surface area contributed by atoms with Crippen molar-refractivity contribution in [3.63, 3.8) is 0 Å². The summed E-state index contributed by atoms with van der Waals surface area (Å²) in [6.45, 7) is -0.221. The summed E-state index contributed by atoms with van der Waals surface area (Å²) in [6.07, 6.45) is 0. The maximum Gasteiger partial charge on any atom is 0.269 e. The van der Waals surface area contributed by atoms with Gasteiger partial charge >= 0.3 is 0 Å². The molecular weight excluding hydrogens is 208 g/mol. The SMILES string of the molecule is Cl.N[C@H](CO)c1cccc([N+](=O)[O-])c1. The van der Waals surface area contributed by atoms with Crippen LogP contribution in [0.4, 0.5) is 5.69 Å². The summed E-state index contributed by atoms with van der Waals surface area (Å²) >= 11 is 0. The number of nitrogens with zero attached hydrogens (tertiary/aromatic N) is 1. The average Bonchev–Trinajstić information content (AvgIpc) is 2.17. The summed E-state index contributed by atoms with van der Waals surface area (Å²) < 4.78 is 0. The van der Waals surface area contributed by atoms with Crippen molar-refractivity contribution in [1.29, 1.82) is 0 Å². The molecule has 78 valence electrons. The van der Waals surface area contributed by atoms with E-state index in [1.807, 2.05) is 0 Å². The van der Waals surface area contributed by atoms with Gasteiger partial charge in [-0.2, -0.15) is 0 Å². The third-order valence-corrected chi connectivity index (χ3v) is 1.71. The van der Waals surface area contributed by atoms with E-state index in [1.54, 1.807) is 12.1 Å². The van der Waals surface area contributed by atoms with Crippen LogP contribution in [0.1, 0.15) is 11.6 Å². The fourth-order valence-corrected chi connectivity index (χ4v) is 0.974. The lowest BCUT2D eigenvalue weighted by Gasteiger charge is -2.06. The Morgan fingerprint density at radius 3 is 2.71 bits per heavy atom. The Morgan fingerprint density at radius 2 is 2.21 bits per heavy atom. The molecule has 1 atom stereocenters. The van der Waals surface area contributed by atoms with Crippen LogP contribution in [0.25, 0.3) is 0 Å². The molecule has 0 unspecified atom stereocenters. The first-order valence-electron chi connectivity index (χ1n) is 3.76. The number of halogens is 1. The molecule has 0 fully saturated rings. The molecule has 0 aliphatic heterocycles. The molecule has 1 aromatic rings. The smallest absolute Gasteiger partial charge is 0.269 e. The van der Waals surface area contributed by atoms with Crippen LogP contribution >= 0.6 is 12.4 Å². The van der Waals surface area contributed by atoms with Crippen LogP contribution in [-0.4, -0.2) is 16.6 Å². The van der Waals surface area contributed by atoms with Crippen molar-refractivity contribution in [3.8, 4) is 0 Å². The Hall–Kier alpha value is -1.17. The number of nitro groups is 1. The molecule has 0 heterocycles. The first kappa shape index (κ1) is 12.8. The summed E-state index contributed by atoms with van der Waals surface area (Å²) in [7, 11) is 0. The molecule has 1 aromatic carbocycles. The van der Waals surface area contributed by atoms with Crippen molar-refractivity contribution in [3.05, 3.63) is 39.9 Å². The van der Waals surface area contributed by atoms with Crippen LogP contribution in [0.2, 0.25) is 0 Å². The van der Waals surface area contributed by atoms with Crippen LogP contribution in [0.5, 0.6) is 0 Å². The topological polar surface area (TPSA) is 89.4 Å². The number of rotatable bonds is 3. The van der Waals surface area contributed by atoms with E-state index in [9.17, 15) is 10.1 Å². The van der Waals surface area contributed by atoms with Crippen molar-refractivity contribution in [1.82, 2.24) is 0 Å². The second-order valence-electron chi connectivity index (χ2n) is 2.64.